The van der Waals surface area contributed by atoms with Gasteiger partial charge in [-0.25, -0.2) is 4.79 Å². The molecule has 0 unspecified atom stereocenters. The molecule has 1 saturated heterocycles. The Balaban J connectivity index is 2.10. The molecule has 1 aliphatic rings. The minimum atomic E-state index is -1.24. The molecule has 9 heteroatoms. The first-order chi connectivity index (χ1) is 13.8. The van der Waals surface area contributed by atoms with Crippen LogP contribution in [0.3, 0.4) is 0 Å². The zero-order valence-electron chi connectivity index (χ0n) is 17.2. The standard InChI is InChI=1S/C20H28N4O5/c1-5-11-21-17(26)13(3)22-16(25)12-24-18(27)20(6-2,23-19(24)28)14-7-9-15(29-4)10-8-14/h7-10,13H,5-6,11-12H2,1-4H3,(H,21,26)(H,22,25)(H,23,28)/t13-,20+/m0/s1. The number of hydrogen-bond donors (Lipinski definition) is 3. The lowest BCUT2D eigenvalue weighted by Crippen LogP contribution is -2.49. The van der Waals surface area contributed by atoms with Crippen LogP contribution >= 0.6 is 0 Å². The number of urea groups is 1. The zero-order chi connectivity index (χ0) is 21.6. The average Bonchev–Trinajstić information content (AvgIpc) is 2.96. The molecule has 1 aliphatic heterocycles. The van der Waals surface area contributed by atoms with Crippen molar-refractivity contribution in [3.8, 4) is 5.75 Å². The van der Waals surface area contributed by atoms with E-state index in [-0.39, 0.29) is 5.91 Å². The van der Waals surface area contributed by atoms with Gasteiger partial charge in [0.25, 0.3) is 5.91 Å². The fourth-order valence-corrected chi connectivity index (χ4v) is 3.18. The maximum atomic E-state index is 13.1. The lowest BCUT2D eigenvalue weighted by Gasteiger charge is -2.26. The third-order valence-electron chi connectivity index (χ3n) is 4.91. The number of nitrogens with one attached hydrogen (secondary N) is 3. The number of rotatable bonds is 9. The Morgan fingerprint density at radius 3 is 2.41 bits per heavy atom. The van der Waals surface area contributed by atoms with Gasteiger partial charge in [-0.1, -0.05) is 26.0 Å². The van der Waals surface area contributed by atoms with Gasteiger partial charge in [0.2, 0.25) is 11.8 Å². The van der Waals surface area contributed by atoms with Crippen molar-refractivity contribution in [1.29, 1.82) is 0 Å². The second kappa shape index (κ2) is 9.40. The van der Waals surface area contributed by atoms with E-state index >= 15 is 0 Å². The summed E-state index contributed by atoms with van der Waals surface area (Å²) >= 11 is 0. The summed E-state index contributed by atoms with van der Waals surface area (Å²) in [5, 5.41) is 7.91. The molecule has 1 aromatic carbocycles. The topological polar surface area (TPSA) is 117 Å². The molecule has 0 bridgehead atoms. The molecule has 1 fully saturated rings. The van der Waals surface area contributed by atoms with Crippen LogP contribution in [0.15, 0.2) is 24.3 Å². The fraction of sp³-hybridized carbons (Fsp3) is 0.500. The predicted molar refractivity (Wildman–Crippen MR) is 106 cm³/mol. The van der Waals surface area contributed by atoms with Crippen LogP contribution in [-0.2, 0) is 19.9 Å². The van der Waals surface area contributed by atoms with Gasteiger partial charge in [-0.2, -0.15) is 0 Å². The summed E-state index contributed by atoms with van der Waals surface area (Å²) in [5.41, 5.74) is -0.636. The molecular formula is C20H28N4O5. The average molecular weight is 404 g/mol. The van der Waals surface area contributed by atoms with Gasteiger partial charge in [0.05, 0.1) is 7.11 Å². The Morgan fingerprint density at radius 2 is 1.86 bits per heavy atom. The number of methoxy groups -OCH3 is 1. The Hall–Kier alpha value is -3.10. The quantitative estimate of drug-likeness (QED) is 0.529. The van der Waals surface area contributed by atoms with Crippen molar-refractivity contribution in [2.24, 2.45) is 0 Å². The number of benzene rings is 1. The summed E-state index contributed by atoms with van der Waals surface area (Å²) < 4.78 is 5.13. The molecule has 0 aliphatic carbocycles. The molecule has 0 aromatic heterocycles. The van der Waals surface area contributed by atoms with Crippen LogP contribution in [0.4, 0.5) is 4.79 Å². The minimum Gasteiger partial charge on any atom is -0.497 e. The zero-order valence-corrected chi connectivity index (χ0v) is 17.2. The number of ether oxygens (including phenoxy) is 1. The number of amides is 5. The molecule has 5 amide bonds. The third-order valence-corrected chi connectivity index (χ3v) is 4.91. The van der Waals surface area contributed by atoms with Crippen LogP contribution in [0, 0.1) is 0 Å². The van der Waals surface area contributed by atoms with Gasteiger partial charge in [0.1, 0.15) is 23.9 Å². The lowest BCUT2D eigenvalue weighted by atomic mass is 9.87. The highest BCUT2D eigenvalue weighted by atomic mass is 16.5. The van der Waals surface area contributed by atoms with Crippen LogP contribution in [-0.4, -0.2) is 54.9 Å². The number of carbonyl (C=O) groups excluding carboxylic acids is 4. The molecular weight excluding hydrogens is 376 g/mol. The molecule has 29 heavy (non-hydrogen) atoms. The van der Waals surface area contributed by atoms with Crippen molar-refractivity contribution in [3.63, 3.8) is 0 Å². The summed E-state index contributed by atoms with van der Waals surface area (Å²) in [7, 11) is 1.54. The van der Waals surface area contributed by atoms with Crippen LogP contribution < -0.4 is 20.7 Å². The van der Waals surface area contributed by atoms with Crippen molar-refractivity contribution in [2.75, 3.05) is 20.2 Å². The van der Waals surface area contributed by atoms with Crippen molar-refractivity contribution in [2.45, 2.75) is 45.2 Å². The minimum absolute atomic E-state index is 0.317. The smallest absolute Gasteiger partial charge is 0.325 e. The Bertz CT molecular complexity index is 780. The van der Waals surface area contributed by atoms with E-state index in [9.17, 15) is 19.2 Å². The van der Waals surface area contributed by atoms with Gasteiger partial charge in [0.15, 0.2) is 0 Å². The molecule has 158 valence electrons. The molecule has 1 aromatic rings. The first-order valence-electron chi connectivity index (χ1n) is 9.64. The van der Waals surface area contributed by atoms with Crippen LogP contribution in [0.2, 0.25) is 0 Å². The summed E-state index contributed by atoms with van der Waals surface area (Å²) in [4.78, 5) is 50.6. The molecule has 3 N–H and O–H groups in total. The van der Waals surface area contributed by atoms with Gasteiger partial charge in [-0.3, -0.25) is 19.3 Å². The first kappa shape index (κ1) is 22.2. The van der Waals surface area contributed by atoms with Crippen LogP contribution in [0.5, 0.6) is 5.75 Å². The van der Waals surface area contributed by atoms with E-state index in [0.29, 0.717) is 24.3 Å². The highest BCUT2D eigenvalue weighted by Crippen LogP contribution is 2.33. The summed E-state index contributed by atoms with van der Waals surface area (Å²) in [6.45, 7) is 5.29. The van der Waals surface area contributed by atoms with Crippen LogP contribution in [0.25, 0.3) is 0 Å². The molecule has 0 radical (unpaired) electrons. The van der Waals surface area contributed by atoms with Crippen molar-refractivity contribution in [1.82, 2.24) is 20.9 Å². The second-order valence-corrected chi connectivity index (χ2v) is 6.89. The van der Waals surface area contributed by atoms with E-state index in [1.54, 1.807) is 38.1 Å². The Labute approximate surface area is 170 Å². The van der Waals surface area contributed by atoms with E-state index < -0.39 is 36.0 Å². The predicted octanol–water partition coefficient (Wildman–Crippen LogP) is 0.883. The SMILES string of the molecule is CCCNC(=O)[C@H](C)NC(=O)CN1C(=O)N[C@](CC)(c2ccc(OC)cc2)C1=O. The molecule has 0 spiro atoms. The first-order valence-corrected chi connectivity index (χ1v) is 9.64. The van der Waals surface area contributed by atoms with E-state index in [4.69, 9.17) is 4.74 Å². The van der Waals surface area contributed by atoms with Gasteiger partial charge in [-0.15, -0.1) is 0 Å². The maximum Gasteiger partial charge on any atom is 0.325 e. The molecule has 2 atom stereocenters. The maximum absolute atomic E-state index is 13.1. The lowest BCUT2D eigenvalue weighted by molar-refractivity contribution is -0.136. The molecule has 9 nitrogen and oxygen atoms in total. The van der Waals surface area contributed by atoms with E-state index in [1.165, 1.54) is 7.11 Å². The second-order valence-electron chi connectivity index (χ2n) is 6.89. The van der Waals surface area contributed by atoms with Crippen molar-refractivity contribution >= 4 is 23.8 Å². The summed E-state index contributed by atoms with van der Waals surface area (Å²) in [6.07, 6.45) is 1.09. The third kappa shape index (κ3) is 4.67. The Kier molecular flexibility index (Phi) is 7.19. The van der Waals surface area contributed by atoms with Crippen molar-refractivity contribution < 1.29 is 23.9 Å². The van der Waals surface area contributed by atoms with Gasteiger partial charge < -0.3 is 20.7 Å². The highest BCUT2D eigenvalue weighted by molar-refractivity contribution is 6.09. The summed E-state index contributed by atoms with van der Waals surface area (Å²) in [5.74, 6) is -0.787. The highest BCUT2D eigenvalue weighted by Gasteiger charge is 2.51. The summed E-state index contributed by atoms with van der Waals surface area (Å²) in [6, 6.07) is 5.42. The largest absolute Gasteiger partial charge is 0.497 e. The van der Waals surface area contributed by atoms with Crippen molar-refractivity contribution in [3.05, 3.63) is 29.8 Å². The number of imide groups is 1. The van der Waals surface area contributed by atoms with E-state index in [2.05, 4.69) is 16.0 Å². The van der Waals surface area contributed by atoms with E-state index in [0.717, 1.165) is 11.3 Å². The number of hydrogen-bond acceptors (Lipinski definition) is 5. The number of nitrogens with zero attached hydrogens (tertiary/aromatic N) is 1. The molecule has 2 rings (SSSR count). The normalized spacial score (nSPS) is 19.5. The number of carbonyl (C=O) groups is 4. The molecule has 0 saturated carbocycles. The van der Waals surface area contributed by atoms with Crippen LogP contribution in [0.1, 0.15) is 39.2 Å². The fourth-order valence-electron chi connectivity index (χ4n) is 3.18. The van der Waals surface area contributed by atoms with Gasteiger partial charge >= 0.3 is 6.03 Å². The Morgan fingerprint density at radius 1 is 1.21 bits per heavy atom. The van der Waals surface area contributed by atoms with Gasteiger partial charge in [0, 0.05) is 6.54 Å². The van der Waals surface area contributed by atoms with E-state index in [1.807, 2.05) is 6.92 Å². The monoisotopic (exact) mass is 404 g/mol. The van der Waals surface area contributed by atoms with Gasteiger partial charge in [-0.05, 0) is 37.5 Å². The molecule has 1 heterocycles.